The van der Waals surface area contributed by atoms with Gasteiger partial charge in [-0.2, -0.15) is 0 Å². The highest BCUT2D eigenvalue weighted by Gasteiger charge is 2.21. The van der Waals surface area contributed by atoms with Gasteiger partial charge in [-0.15, -0.1) is 5.10 Å². The number of hydrogen-bond acceptors (Lipinski definition) is 3. The van der Waals surface area contributed by atoms with Gasteiger partial charge in [0.1, 0.15) is 6.04 Å². The number of nitrogens with zero attached hydrogens (tertiary/aromatic N) is 3. The van der Waals surface area contributed by atoms with Crippen molar-refractivity contribution in [2.45, 2.75) is 33.2 Å². The highest BCUT2D eigenvalue weighted by atomic mass is 79.9. The van der Waals surface area contributed by atoms with Gasteiger partial charge in [0.2, 0.25) is 0 Å². The third-order valence-electron chi connectivity index (χ3n) is 2.07. The van der Waals surface area contributed by atoms with Crippen LogP contribution in [0.1, 0.15) is 32.5 Å². The summed E-state index contributed by atoms with van der Waals surface area (Å²) in [5.74, 6) is -0.475. The van der Waals surface area contributed by atoms with Gasteiger partial charge in [-0.3, -0.25) is 0 Å². The molecular formula is C9H14BrN3O2. The van der Waals surface area contributed by atoms with Crippen molar-refractivity contribution in [1.29, 1.82) is 0 Å². The van der Waals surface area contributed by atoms with E-state index in [4.69, 9.17) is 5.11 Å². The fraction of sp³-hybridized carbons (Fsp3) is 0.667. The first-order valence-corrected chi connectivity index (χ1v) is 5.55. The molecule has 0 amide bonds. The average Bonchev–Trinajstić information content (AvgIpc) is 2.46. The number of carbonyl (C=O) groups is 1. The van der Waals surface area contributed by atoms with Crippen LogP contribution in [0.2, 0.25) is 0 Å². The van der Waals surface area contributed by atoms with Crippen LogP contribution in [0.3, 0.4) is 0 Å². The van der Waals surface area contributed by atoms with Crippen molar-refractivity contribution >= 4 is 21.9 Å². The first-order chi connectivity index (χ1) is 6.93. The van der Waals surface area contributed by atoms with Crippen LogP contribution in [0.4, 0.5) is 0 Å². The van der Waals surface area contributed by atoms with Crippen molar-refractivity contribution < 1.29 is 9.90 Å². The molecule has 0 aliphatic rings. The summed E-state index contributed by atoms with van der Waals surface area (Å²) in [5.41, 5.74) is 0.833. The van der Waals surface area contributed by atoms with E-state index >= 15 is 0 Å². The molecule has 0 spiro atoms. The van der Waals surface area contributed by atoms with Crippen LogP contribution >= 0.6 is 15.9 Å². The van der Waals surface area contributed by atoms with Crippen molar-refractivity contribution in [3.05, 3.63) is 10.3 Å². The maximum Gasteiger partial charge on any atom is 0.328 e. The summed E-state index contributed by atoms with van der Waals surface area (Å²) in [6.45, 7) is 5.72. The van der Waals surface area contributed by atoms with E-state index in [1.54, 1.807) is 6.92 Å². The number of aliphatic carboxylic acids is 1. The Balaban J connectivity index is 3.02. The quantitative estimate of drug-likeness (QED) is 0.911. The third-order valence-corrected chi connectivity index (χ3v) is 2.69. The second-order valence-corrected chi connectivity index (χ2v) is 4.63. The minimum absolute atomic E-state index is 0.430. The molecule has 1 aromatic rings. The molecular weight excluding hydrogens is 262 g/mol. The summed E-state index contributed by atoms with van der Waals surface area (Å²) in [5, 5.41) is 16.6. The van der Waals surface area contributed by atoms with Crippen molar-refractivity contribution in [3.63, 3.8) is 0 Å². The summed E-state index contributed by atoms with van der Waals surface area (Å²) in [6, 6.07) is -0.683. The third kappa shape index (κ3) is 2.77. The van der Waals surface area contributed by atoms with Crippen molar-refractivity contribution in [3.8, 4) is 0 Å². The Morgan fingerprint density at radius 1 is 1.53 bits per heavy atom. The van der Waals surface area contributed by atoms with Gasteiger partial charge in [0.05, 0.1) is 5.69 Å². The number of halogens is 1. The molecule has 5 nitrogen and oxygen atoms in total. The number of carboxylic acids is 1. The molecule has 0 radical (unpaired) electrons. The number of carboxylic acid groups (broad SMARTS) is 1. The van der Waals surface area contributed by atoms with Gasteiger partial charge >= 0.3 is 5.97 Å². The van der Waals surface area contributed by atoms with E-state index < -0.39 is 12.0 Å². The zero-order chi connectivity index (χ0) is 11.6. The largest absolute Gasteiger partial charge is 0.480 e. The van der Waals surface area contributed by atoms with Crippen LogP contribution in [-0.4, -0.2) is 26.1 Å². The number of aromatic nitrogens is 3. The fourth-order valence-electron chi connectivity index (χ4n) is 1.27. The van der Waals surface area contributed by atoms with Crippen LogP contribution in [-0.2, 0) is 11.2 Å². The van der Waals surface area contributed by atoms with Crippen LogP contribution in [0.15, 0.2) is 4.60 Å². The molecule has 0 saturated heterocycles. The molecule has 6 heteroatoms. The van der Waals surface area contributed by atoms with Gasteiger partial charge in [-0.1, -0.05) is 19.1 Å². The van der Waals surface area contributed by atoms with E-state index in [1.807, 2.05) is 0 Å². The summed E-state index contributed by atoms with van der Waals surface area (Å²) in [7, 11) is 0. The minimum atomic E-state index is -0.905. The summed E-state index contributed by atoms with van der Waals surface area (Å²) in [4.78, 5) is 10.8. The summed E-state index contributed by atoms with van der Waals surface area (Å²) >= 11 is 3.28. The SMILES string of the molecule is CC(C)Cc1c(Br)nnn1C(C)C(=O)O. The summed E-state index contributed by atoms with van der Waals surface area (Å²) < 4.78 is 2.08. The monoisotopic (exact) mass is 275 g/mol. The Morgan fingerprint density at radius 3 is 2.60 bits per heavy atom. The molecule has 0 fully saturated rings. The Labute approximate surface area is 96.6 Å². The van der Waals surface area contributed by atoms with E-state index in [1.165, 1.54) is 4.68 Å². The fourth-order valence-corrected chi connectivity index (χ4v) is 1.69. The number of hydrogen-bond donors (Lipinski definition) is 1. The maximum absolute atomic E-state index is 10.8. The van der Waals surface area contributed by atoms with Gasteiger partial charge in [-0.05, 0) is 35.2 Å². The standard InChI is InChI=1S/C9H14BrN3O2/c1-5(2)4-7-8(10)11-12-13(7)6(3)9(14)15/h5-6H,4H2,1-3H3,(H,14,15). The lowest BCUT2D eigenvalue weighted by Crippen LogP contribution is -2.20. The predicted molar refractivity (Wildman–Crippen MR) is 58.6 cm³/mol. The molecule has 1 rings (SSSR count). The molecule has 1 heterocycles. The van der Waals surface area contributed by atoms with Crippen LogP contribution in [0.5, 0.6) is 0 Å². The Kier molecular flexibility index (Phi) is 3.84. The first kappa shape index (κ1) is 12.2. The molecule has 1 atom stereocenters. The Hall–Kier alpha value is -0.910. The van der Waals surface area contributed by atoms with Gasteiger partial charge in [0, 0.05) is 0 Å². The molecule has 0 saturated carbocycles. The second kappa shape index (κ2) is 4.74. The van der Waals surface area contributed by atoms with Crippen molar-refractivity contribution in [2.24, 2.45) is 5.92 Å². The van der Waals surface area contributed by atoms with Crippen LogP contribution in [0.25, 0.3) is 0 Å². The van der Waals surface area contributed by atoms with Gasteiger partial charge < -0.3 is 5.11 Å². The molecule has 0 aliphatic heterocycles. The average molecular weight is 276 g/mol. The van der Waals surface area contributed by atoms with E-state index in [0.717, 1.165) is 12.1 Å². The molecule has 1 unspecified atom stereocenters. The van der Waals surface area contributed by atoms with E-state index in [9.17, 15) is 4.79 Å². The first-order valence-electron chi connectivity index (χ1n) is 4.75. The smallest absolute Gasteiger partial charge is 0.328 e. The van der Waals surface area contributed by atoms with Crippen LogP contribution < -0.4 is 0 Å². The van der Waals surface area contributed by atoms with Crippen LogP contribution in [0, 0.1) is 5.92 Å². The molecule has 84 valence electrons. The highest BCUT2D eigenvalue weighted by molar-refractivity contribution is 9.10. The normalized spacial score (nSPS) is 13.1. The lowest BCUT2D eigenvalue weighted by Gasteiger charge is -2.11. The van der Waals surface area contributed by atoms with Gasteiger partial charge in [0.15, 0.2) is 4.60 Å². The Morgan fingerprint density at radius 2 is 2.13 bits per heavy atom. The highest BCUT2D eigenvalue weighted by Crippen LogP contribution is 2.20. The zero-order valence-electron chi connectivity index (χ0n) is 8.94. The molecule has 0 aromatic carbocycles. The van der Waals surface area contributed by atoms with Gasteiger partial charge in [0.25, 0.3) is 0 Å². The van der Waals surface area contributed by atoms with Crippen molar-refractivity contribution in [2.75, 3.05) is 0 Å². The molecule has 1 N–H and O–H groups in total. The molecule has 0 bridgehead atoms. The molecule has 1 aromatic heterocycles. The minimum Gasteiger partial charge on any atom is -0.480 e. The summed E-state index contributed by atoms with van der Waals surface area (Å²) in [6.07, 6.45) is 0.755. The van der Waals surface area contributed by atoms with E-state index in [-0.39, 0.29) is 0 Å². The van der Waals surface area contributed by atoms with Gasteiger partial charge in [-0.25, -0.2) is 9.48 Å². The molecule has 15 heavy (non-hydrogen) atoms. The van der Waals surface area contributed by atoms with E-state index in [2.05, 4.69) is 40.1 Å². The lowest BCUT2D eigenvalue weighted by atomic mass is 10.1. The van der Waals surface area contributed by atoms with E-state index in [0.29, 0.717) is 10.5 Å². The predicted octanol–water partition coefficient (Wildman–Crippen LogP) is 1.88. The molecule has 0 aliphatic carbocycles. The lowest BCUT2D eigenvalue weighted by molar-refractivity contribution is -0.140. The second-order valence-electron chi connectivity index (χ2n) is 3.88. The van der Waals surface area contributed by atoms with Crippen molar-refractivity contribution in [1.82, 2.24) is 15.0 Å². The topological polar surface area (TPSA) is 68.0 Å². The Bertz CT molecular complexity index is 362. The number of rotatable bonds is 4. The maximum atomic E-state index is 10.8. The zero-order valence-corrected chi connectivity index (χ0v) is 10.5.